The maximum atomic E-state index is 4.36. The SMILES string of the molecule is CCCCCCCCCCCC[N+](C)(C)CC[CH-][N+](C)(CCCCCCCCCCCS)CCC[N+](C)(C)CCCCCCCCCCCC. The number of hydrogen-bond donors (Lipinski definition) is 1. The number of quaternary nitrogens is 3. The molecule has 0 aliphatic heterocycles. The molecular formula is C46H99N3S+2. The third kappa shape index (κ3) is 35.3. The van der Waals surface area contributed by atoms with Gasteiger partial charge >= 0.3 is 0 Å². The van der Waals surface area contributed by atoms with Crippen molar-refractivity contribution in [1.82, 2.24) is 0 Å². The normalized spacial score (nSPS) is 13.7. The molecule has 0 rings (SSSR count). The second kappa shape index (κ2) is 35.0. The lowest BCUT2D eigenvalue weighted by Gasteiger charge is -2.46. The fraction of sp³-hybridized carbons (Fsp3) is 0.978. The van der Waals surface area contributed by atoms with E-state index in [1.807, 2.05) is 0 Å². The number of nitrogens with zero attached hydrogens (tertiary/aromatic N) is 3. The van der Waals surface area contributed by atoms with Crippen LogP contribution in [-0.2, 0) is 0 Å². The molecule has 3 nitrogen and oxygen atoms in total. The Labute approximate surface area is 324 Å². The zero-order valence-corrected chi connectivity index (χ0v) is 37.1. The van der Waals surface area contributed by atoms with Crippen molar-refractivity contribution in [3.05, 3.63) is 6.54 Å². The van der Waals surface area contributed by atoms with E-state index >= 15 is 0 Å². The van der Waals surface area contributed by atoms with Gasteiger partial charge in [-0.15, -0.1) is 6.54 Å². The first kappa shape index (κ1) is 50.2. The average molecular weight is 726 g/mol. The Morgan fingerprint density at radius 3 is 0.980 bits per heavy atom. The van der Waals surface area contributed by atoms with Crippen LogP contribution in [0.1, 0.15) is 213 Å². The van der Waals surface area contributed by atoms with Gasteiger partial charge in [0.1, 0.15) is 0 Å². The molecular weight excluding hydrogens is 627 g/mol. The number of hydrogen-bond acceptors (Lipinski definition) is 1. The van der Waals surface area contributed by atoms with Crippen LogP contribution in [0.5, 0.6) is 0 Å². The van der Waals surface area contributed by atoms with Gasteiger partial charge in [-0.3, -0.25) is 0 Å². The molecule has 0 saturated carbocycles. The summed E-state index contributed by atoms with van der Waals surface area (Å²) in [6, 6.07) is 0. The monoisotopic (exact) mass is 726 g/mol. The van der Waals surface area contributed by atoms with Crippen molar-refractivity contribution in [2.24, 2.45) is 0 Å². The molecule has 0 aliphatic rings. The van der Waals surface area contributed by atoms with Crippen LogP contribution in [-0.4, -0.2) is 93.7 Å². The summed E-state index contributed by atoms with van der Waals surface area (Å²) in [5.74, 6) is 1.06. The van der Waals surface area contributed by atoms with Crippen molar-refractivity contribution in [3.63, 3.8) is 0 Å². The molecule has 0 heterocycles. The van der Waals surface area contributed by atoms with E-state index in [1.54, 1.807) is 0 Å². The number of thiol groups is 1. The van der Waals surface area contributed by atoms with Gasteiger partial charge in [-0.1, -0.05) is 162 Å². The molecule has 302 valence electrons. The Hall–Kier alpha value is 0.230. The molecule has 1 atom stereocenters. The van der Waals surface area contributed by atoms with Crippen molar-refractivity contribution < 1.29 is 13.4 Å². The summed E-state index contributed by atoms with van der Waals surface area (Å²) >= 11 is 4.36. The Kier molecular flexibility index (Phi) is 35.1. The minimum Gasteiger partial charge on any atom is -0.457 e. The van der Waals surface area contributed by atoms with E-state index in [4.69, 9.17) is 0 Å². The third-order valence-electron chi connectivity index (χ3n) is 11.8. The predicted molar refractivity (Wildman–Crippen MR) is 232 cm³/mol. The molecule has 0 aromatic heterocycles. The summed E-state index contributed by atoms with van der Waals surface area (Å²) in [5.41, 5.74) is 0. The Bertz CT molecular complexity index is 636. The van der Waals surface area contributed by atoms with Gasteiger partial charge in [-0.25, -0.2) is 0 Å². The molecule has 0 aromatic carbocycles. The quantitative estimate of drug-likeness (QED) is 0.0276. The summed E-state index contributed by atoms with van der Waals surface area (Å²) in [7, 11) is 12.5. The van der Waals surface area contributed by atoms with Crippen molar-refractivity contribution >= 4 is 12.6 Å². The fourth-order valence-corrected chi connectivity index (χ4v) is 8.20. The highest BCUT2D eigenvalue weighted by Crippen LogP contribution is 2.19. The van der Waals surface area contributed by atoms with Crippen LogP contribution in [0.25, 0.3) is 0 Å². The molecule has 50 heavy (non-hydrogen) atoms. The van der Waals surface area contributed by atoms with Gasteiger partial charge in [0, 0.05) is 13.5 Å². The van der Waals surface area contributed by atoms with Crippen LogP contribution in [0.3, 0.4) is 0 Å². The van der Waals surface area contributed by atoms with Gasteiger partial charge in [-0.05, 0) is 50.7 Å². The van der Waals surface area contributed by atoms with E-state index in [9.17, 15) is 0 Å². The molecule has 0 radical (unpaired) electrons. The van der Waals surface area contributed by atoms with Crippen LogP contribution >= 0.6 is 12.6 Å². The molecule has 0 fully saturated rings. The standard InChI is InChI=1S/C46H98N3S/c1-8-10-12-14-16-18-21-25-29-33-39-47(3,4)41-37-44-49(7,43-35-31-27-23-20-24-28-32-36-46-50)45-38-42-48(5,6)40-34-30-26-22-19-17-15-13-11-9-2/h44H,8-43,45-46H2,1-7H3/q+1/p+1. The summed E-state index contributed by atoms with van der Waals surface area (Å²) < 4.78 is 3.57. The first-order valence-electron chi connectivity index (χ1n) is 23.0. The van der Waals surface area contributed by atoms with E-state index in [0.717, 1.165) is 5.75 Å². The summed E-state index contributed by atoms with van der Waals surface area (Å²) in [6.45, 7) is 15.3. The molecule has 0 amide bonds. The topological polar surface area (TPSA) is 0 Å². The first-order valence-corrected chi connectivity index (χ1v) is 23.7. The van der Waals surface area contributed by atoms with Crippen LogP contribution in [0.2, 0.25) is 0 Å². The summed E-state index contributed by atoms with van der Waals surface area (Å²) in [4.78, 5) is 0. The van der Waals surface area contributed by atoms with Crippen LogP contribution < -0.4 is 0 Å². The van der Waals surface area contributed by atoms with Gasteiger partial charge in [0.25, 0.3) is 0 Å². The van der Waals surface area contributed by atoms with E-state index in [1.165, 1.54) is 252 Å². The molecule has 0 aromatic rings. The second-order valence-electron chi connectivity index (χ2n) is 18.3. The minimum atomic E-state index is 1.06. The highest BCUT2D eigenvalue weighted by molar-refractivity contribution is 7.80. The Balaban J connectivity index is 4.54. The summed E-state index contributed by atoms with van der Waals surface area (Å²) in [6.07, 6.45) is 43.9. The molecule has 0 saturated heterocycles. The Morgan fingerprint density at radius 1 is 0.320 bits per heavy atom. The van der Waals surface area contributed by atoms with Crippen molar-refractivity contribution in [2.45, 2.75) is 213 Å². The predicted octanol–water partition coefficient (Wildman–Crippen LogP) is 13.8. The Morgan fingerprint density at radius 2 is 0.600 bits per heavy atom. The highest BCUT2D eigenvalue weighted by atomic mass is 32.1. The molecule has 0 N–H and O–H groups in total. The van der Waals surface area contributed by atoms with Crippen molar-refractivity contribution in [1.29, 1.82) is 0 Å². The average Bonchev–Trinajstić information content (AvgIpc) is 3.07. The van der Waals surface area contributed by atoms with Gasteiger partial charge in [0.05, 0.1) is 67.5 Å². The second-order valence-corrected chi connectivity index (χ2v) is 18.7. The smallest absolute Gasteiger partial charge is 0.0836 e. The lowest BCUT2D eigenvalue weighted by Crippen LogP contribution is -2.48. The largest absolute Gasteiger partial charge is 0.457 e. The van der Waals surface area contributed by atoms with Gasteiger partial charge in [0.2, 0.25) is 0 Å². The van der Waals surface area contributed by atoms with Crippen LogP contribution in [0.15, 0.2) is 0 Å². The maximum absolute atomic E-state index is 4.36. The fourth-order valence-electron chi connectivity index (χ4n) is 7.97. The van der Waals surface area contributed by atoms with E-state index < -0.39 is 0 Å². The zero-order chi connectivity index (χ0) is 37.1. The highest BCUT2D eigenvalue weighted by Gasteiger charge is 2.20. The van der Waals surface area contributed by atoms with E-state index in [-0.39, 0.29) is 0 Å². The lowest BCUT2D eigenvalue weighted by atomic mass is 10.1. The van der Waals surface area contributed by atoms with E-state index in [0.29, 0.717) is 0 Å². The van der Waals surface area contributed by atoms with Gasteiger partial charge in [-0.2, -0.15) is 12.6 Å². The number of unbranched alkanes of at least 4 members (excludes halogenated alkanes) is 26. The van der Waals surface area contributed by atoms with Crippen molar-refractivity contribution in [3.8, 4) is 0 Å². The maximum Gasteiger partial charge on any atom is 0.0836 e. The van der Waals surface area contributed by atoms with Gasteiger partial charge in [0.15, 0.2) is 0 Å². The molecule has 0 bridgehead atoms. The lowest BCUT2D eigenvalue weighted by molar-refractivity contribution is -0.911. The molecule has 0 spiro atoms. The van der Waals surface area contributed by atoms with Crippen molar-refractivity contribution in [2.75, 3.05) is 80.3 Å². The minimum absolute atomic E-state index is 1.06. The zero-order valence-electron chi connectivity index (χ0n) is 36.2. The van der Waals surface area contributed by atoms with E-state index in [2.05, 4.69) is 68.3 Å². The summed E-state index contributed by atoms with van der Waals surface area (Å²) in [5, 5.41) is 0. The molecule has 0 aliphatic carbocycles. The third-order valence-corrected chi connectivity index (χ3v) is 12.1. The number of rotatable bonds is 41. The molecule has 1 unspecified atom stereocenters. The first-order chi connectivity index (χ1) is 24.1. The van der Waals surface area contributed by atoms with Crippen LogP contribution in [0, 0.1) is 6.54 Å². The van der Waals surface area contributed by atoms with Crippen LogP contribution in [0.4, 0.5) is 0 Å². The molecule has 4 heteroatoms. The van der Waals surface area contributed by atoms with Gasteiger partial charge < -0.3 is 13.4 Å².